The molecule has 0 radical (unpaired) electrons. The molecule has 0 atom stereocenters. The molecule has 0 heterocycles. The Hall–Kier alpha value is -0.200. The van der Waals surface area contributed by atoms with Crippen molar-refractivity contribution in [2.45, 2.75) is 25.6 Å². The number of hydrogen-bond acceptors (Lipinski definition) is 5. The minimum Gasteiger partial charge on any atom is -0.396 e. The Balaban J connectivity index is 4.11. The Morgan fingerprint density at radius 2 is 1.43 bits per heavy atom. The molecule has 0 saturated heterocycles. The van der Waals surface area contributed by atoms with Gasteiger partial charge in [0.1, 0.15) is 0 Å². The van der Waals surface area contributed by atoms with Gasteiger partial charge < -0.3 is 24.8 Å². The van der Waals surface area contributed by atoms with E-state index in [9.17, 15) is 0 Å². The predicted octanol–water partition coefficient (Wildman–Crippen LogP) is -0.507. The Bertz CT molecular complexity index is 120. The van der Waals surface area contributed by atoms with Crippen molar-refractivity contribution in [3.63, 3.8) is 0 Å². The van der Waals surface area contributed by atoms with Gasteiger partial charge >= 0.3 is 0 Å². The molecule has 0 spiro atoms. The average molecular weight is 208 g/mol. The summed E-state index contributed by atoms with van der Waals surface area (Å²) < 4.78 is 10.7. The highest BCUT2D eigenvalue weighted by molar-refractivity contribution is 4.67. The minimum atomic E-state index is -0.875. The Labute approximate surface area is 84.3 Å². The van der Waals surface area contributed by atoms with E-state index in [0.717, 1.165) is 0 Å². The maximum absolute atomic E-state index is 8.85. The largest absolute Gasteiger partial charge is 0.396 e. The van der Waals surface area contributed by atoms with Gasteiger partial charge in [-0.05, 0) is 6.42 Å². The molecule has 5 nitrogen and oxygen atoms in total. The minimum absolute atomic E-state index is 0.0509. The second-order valence-corrected chi connectivity index (χ2v) is 2.88. The molecule has 0 rings (SSSR count). The summed E-state index contributed by atoms with van der Waals surface area (Å²) in [4.78, 5) is 0. The van der Waals surface area contributed by atoms with Gasteiger partial charge in [-0.15, -0.1) is 0 Å². The molecular formula is C9H20O5. The Kier molecular flexibility index (Phi) is 8.02. The fraction of sp³-hybridized carbons (Fsp3) is 1.00. The molecule has 86 valence electrons. The maximum Gasteiger partial charge on any atom is 0.170 e. The lowest BCUT2D eigenvalue weighted by Crippen LogP contribution is -2.38. The summed E-state index contributed by atoms with van der Waals surface area (Å²) >= 11 is 0. The molecule has 0 aliphatic rings. The predicted molar refractivity (Wildman–Crippen MR) is 50.8 cm³/mol. The van der Waals surface area contributed by atoms with E-state index in [0.29, 0.717) is 12.8 Å². The number of ether oxygens (including phenoxy) is 2. The molecule has 0 aromatic carbocycles. The van der Waals surface area contributed by atoms with Crippen LogP contribution in [0.3, 0.4) is 0 Å². The Morgan fingerprint density at radius 3 is 1.71 bits per heavy atom. The molecule has 0 aliphatic heterocycles. The molecule has 0 unspecified atom stereocenters. The van der Waals surface area contributed by atoms with E-state index in [4.69, 9.17) is 24.8 Å². The van der Waals surface area contributed by atoms with Gasteiger partial charge in [-0.3, -0.25) is 0 Å². The van der Waals surface area contributed by atoms with Crippen molar-refractivity contribution in [3.05, 3.63) is 0 Å². The van der Waals surface area contributed by atoms with Crippen molar-refractivity contribution >= 4 is 0 Å². The molecule has 0 amide bonds. The van der Waals surface area contributed by atoms with Crippen molar-refractivity contribution in [1.29, 1.82) is 0 Å². The average Bonchev–Trinajstić information content (AvgIpc) is 2.22. The van der Waals surface area contributed by atoms with Gasteiger partial charge in [0, 0.05) is 13.0 Å². The van der Waals surface area contributed by atoms with Crippen LogP contribution in [-0.2, 0) is 9.47 Å². The first-order valence-corrected chi connectivity index (χ1v) is 4.85. The molecule has 0 aromatic rings. The monoisotopic (exact) mass is 208 g/mol. The molecule has 3 N–H and O–H groups in total. The fourth-order valence-electron chi connectivity index (χ4n) is 1.20. The molecule has 0 aromatic heterocycles. The second-order valence-electron chi connectivity index (χ2n) is 2.88. The summed E-state index contributed by atoms with van der Waals surface area (Å²) in [5, 5.41) is 26.1. The van der Waals surface area contributed by atoms with Crippen LogP contribution >= 0.6 is 0 Å². The highest BCUT2D eigenvalue weighted by Crippen LogP contribution is 2.21. The van der Waals surface area contributed by atoms with E-state index < -0.39 is 5.79 Å². The van der Waals surface area contributed by atoms with Gasteiger partial charge in [0.15, 0.2) is 5.79 Å². The van der Waals surface area contributed by atoms with Crippen molar-refractivity contribution in [2.24, 2.45) is 0 Å². The third-order valence-corrected chi connectivity index (χ3v) is 1.94. The third-order valence-electron chi connectivity index (χ3n) is 1.94. The van der Waals surface area contributed by atoms with Crippen LogP contribution in [-0.4, -0.2) is 54.1 Å². The number of aliphatic hydroxyl groups excluding tert-OH is 3. The van der Waals surface area contributed by atoms with Gasteiger partial charge in [-0.1, -0.05) is 6.92 Å². The van der Waals surface area contributed by atoms with Crippen molar-refractivity contribution in [3.8, 4) is 0 Å². The smallest absolute Gasteiger partial charge is 0.170 e. The van der Waals surface area contributed by atoms with Crippen molar-refractivity contribution < 1.29 is 24.8 Å². The SMILES string of the molecule is CCC(CCO)(OCCO)OCCO. The topological polar surface area (TPSA) is 79.2 Å². The summed E-state index contributed by atoms with van der Waals surface area (Å²) in [5.41, 5.74) is 0. The van der Waals surface area contributed by atoms with Crippen LogP contribution in [0, 0.1) is 0 Å². The van der Waals surface area contributed by atoms with Crippen LogP contribution in [0.25, 0.3) is 0 Å². The van der Waals surface area contributed by atoms with Crippen LogP contribution < -0.4 is 0 Å². The van der Waals surface area contributed by atoms with Crippen LogP contribution in [0.4, 0.5) is 0 Å². The molecule has 14 heavy (non-hydrogen) atoms. The molecule has 0 aliphatic carbocycles. The first-order chi connectivity index (χ1) is 6.74. The maximum atomic E-state index is 8.85. The van der Waals surface area contributed by atoms with E-state index in [1.165, 1.54) is 0 Å². The normalized spacial score (nSPS) is 12.0. The van der Waals surface area contributed by atoms with E-state index >= 15 is 0 Å². The van der Waals surface area contributed by atoms with Crippen molar-refractivity contribution in [2.75, 3.05) is 33.0 Å². The summed E-state index contributed by atoms with van der Waals surface area (Å²) in [6.45, 7) is 1.97. The summed E-state index contributed by atoms with van der Waals surface area (Å²) in [7, 11) is 0. The van der Waals surface area contributed by atoms with Crippen molar-refractivity contribution in [1.82, 2.24) is 0 Å². The van der Waals surface area contributed by atoms with Gasteiger partial charge in [0.25, 0.3) is 0 Å². The molecule has 5 heteroatoms. The lowest BCUT2D eigenvalue weighted by Gasteiger charge is -2.32. The number of hydrogen-bond donors (Lipinski definition) is 3. The van der Waals surface area contributed by atoms with Crippen LogP contribution in [0.2, 0.25) is 0 Å². The van der Waals surface area contributed by atoms with E-state index in [-0.39, 0.29) is 33.0 Å². The highest BCUT2D eigenvalue weighted by atomic mass is 16.7. The molecule has 0 fully saturated rings. The summed E-state index contributed by atoms with van der Waals surface area (Å²) in [5.74, 6) is -0.875. The van der Waals surface area contributed by atoms with Gasteiger partial charge in [0.05, 0.1) is 26.4 Å². The highest BCUT2D eigenvalue weighted by Gasteiger charge is 2.29. The first kappa shape index (κ1) is 13.8. The Morgan fingerprint density at radius 1 is 0.929 bits per heavy atom. The first-order valence-electron chi connectivity index (χ1n) is 4.85. The lowest BCUT2D eigenvalue weighted by molar-refractivity contribution is -0.251. The molecular weight excluding hydrogens is 188 g/mol. The standard InChI is InChI=1S/C9H20O5/c1-2-9(3-4-10,13-7-5-11)14-8-6-12/h10-12H,2-8H2,1H3. The van der Waals surface area contributed by atoms with Crippen LogP contribution in [0.1, 0.15) is 19.8 Å². The van der Waals surface area contributed by atoms with Gasteiger partial charge in [-0.2, -0.15) is 0 Å². The summed E-state index contributed by atoms with van der Waals surface area (Å²) in [6.07, 6.45) is 0.900. The molecule has 0 bridgehead atoms. The number of aliphatic hydroxyl groups is 3. The van der Waals surface area contributed by atoms with E-state index in [1.807, 2.05) is 6.92 Å². The van der Waals surface area contributed by atoms with Crippen LogP contribution in [0.5, 0.6) is 0 Å². The zero-order valence-electron chi connectivity index (χ0n) is 8.61. The zero-order chi connectivity index (χ0) is 10.9. The quantitative estimate of drug-likeness (QED) is 0.445. The number of rotatable bonds is 9. The third kappa shape index (κ3) is 4.88. The van der Waals surface area contributed by atoms with Crippen LogP contribution in [0.15, 0.2) is 0 Å². The lowest BCUT2D eigenvalue weighted by atomic mass is 10.1. The van der Waals surface area contributed by atoms with Gasteiger partial charge in [0.2, 0.25) is 0 Å². The molecule has 0 saturated carbocycles. The van der Waals surface area contributed by atoms with Gasteiger partial charge in [-0.25, -0.2) is 0 Å². The summed E-state index contributed by atoms with van der Waals surface area (Å²) in [6, 6.07) is 0. The van der Waals surface area contributed by atoms with E-state index in [2.05, 4.69) is 0 Å². The second kappa shape index (κ2) is 8.14. The fourth-order valence-corrected chi connectivity index (χ4v) is 1.20. The van der Waals surface area contributed by atoms with E-state index in [1.54, 1.807) is 0 Å². The zero-order valence-corrected chi connectivity index (χ0v) is 8.61.